The predicted octanol–water partition coefficient (Wildman–Crippen LogP) is 2.91. The summed E-state index contributed by atoms with van der Waals surface area (Å²) in [5, 5.41) is 6.34. The maximum absolute atomic E-state index is 12.5. The van der Waals surface area contributed by atoms with Crippen molar-refractivity contribution in [1.29, 1.82) is 0 Å². The summed E-state index contributed by atoms with van der Waals surface area (Å²) in [6.45, 7) is 1.46. The number of rotatable bonds is 6. The summed E-state index contributed by atoms with van der Waals surface area (Å²) in [4.78, 5) is 30.1. The zero-order valence-electron chi connectivity index (χ0n) is 16.2. The van der Waals surface area contributed by atoms with Gasteiger partial charge in [-0.25, -0.2) is 0 Å². The monoisotopic (exact) mass is 456 g/mol. The van der Waals surface area contributed by atoms with Crippen LogP contribution >= 0.6 is 36.6 Å². The smallest absolute Gasteiger partial charge is 0.258 e. The van der Waals surface area contributed by atoms with Crippen molar-refractivity contribution in [3.63, 3.8) is 0 Å². The fourth-order valence-corrected chi connectivity index (χ4v) is 3.84. The van der Waals surface area contributed by atoms with Crippen LogP contribution in [0.4, 0.5) is 5.69 Å². The van der Waals surface area contributed by atoms with Crippen LogP contribution in [-0.4, -0.2) is 47.9 Å². The Labute approximate surface area is 188 Å². The molecule has 0 saturated carbocycles. The summed E-state index contributed by atoms with van der Waals surface area (Å²) in [6.07, 6.45) is 3.72. The van der Waals surface area contributed by atoms with Crippen molar-refractivity contribution in [3.8, 4) is 0 Å². The van der Waals surface area contributed by atoms with Crippen LogP contribution in [0.2, 0.25) is 0 Å². The second-order valence-electron chi connectivity index (χ2n) is 6.47. The van der Waals surface area contributed by atoms with Crippen LogP contribution in [0, 0.1) is 0 Å². The van der Waals surface area contributed by atoms with Crippen molar-refractivity contribution < 1.29 is 9.59 Å². The molecule has 0 bridgehead atoms. The van der Waals surface area contributed by atoms with Crippen LogP contribution in [-0.2, 0) is 11.3 Å². The molecule has 0 radical (unpaired) electrons. The molecule has 0 spiro atoms. The van der Waals surface area contributed by atoms with Gasteiger partial charge in [0.1, 0.15) is 0 Å². The van der Waals surface area contributed by atoms with Crippen LogP contribution < -0.4 is 15.5 Å². The number of amides is 2. The van der Waals surface area contributed by atoms with Gasteiger partial charge in [0.25, 0.3) is 5.91 Å². The lowest BCUT2D eigenvalue weighted by Crippen LogP contribution is -2.41. The molecule has 9 heteroatoms. The maximum Gasteiger partial charge on any atom is 0.258 e. The van der Waals surface area contributed by atoms with Gasteiger partial charge in [0.2, 0.25) is 5.91 Å². The molecule has 1 unspecified atom stereocenters. The Hall–Kier alpha value is -1.80. The van der Waals surface area contributed by atoms with Gasteiger partial charge in [-0.3, -0.25) is 14.6 Å². The zero-order valence-corrected chi connectivity index (χ0v) is 18.6. The van der Waals surface area contributed by atoms with E-state index in [2.05, 4.69) is 15.6 Å². The van der Waals surface area contributed by atoms with Crippen molar-refractivity contribution in [3.05, 3.63) is 59.9 Å². The van der Waals surface area contributed by atoms with E-state index < -0.39 is 0 Å². The number of nitrogens with one attached hydrogen (secondary N) is 2. The molecule has 3 rings (SSSR count). The van der Waals surface area contributed by atoms with Gasteiger partial charge in [0.15, 0.2) is 0 Å². The lowest BCUT2D eigenvalue weighted by Gasteiger charge is -2.22. The molecule has 0 aliphatic carbocycles. The van der Waals surface area contributed by atoms with Crippen LogP contribution in [0.3, 0.4) is 0 Å². The minimum Gasteiger partial charge on any atom is -0.352 e. The molecule has 1 aromatic carbocycles. The first kappa shape index (κ1) is 25.2. The molecular weight excluding hydrogens is 431 g/mol. The van der Waals surface area contributed by atoms with E-state index in [-0.39, 0.29) is 42.7 Å². The highest BCUT2D eigenvalue weighted by Crippen LogP contribution is 2.16. The topological polar surface area (TPSA) is 74.3 Å². The number of aromatic nitrogens is 1. The first-order chi connectivity index (χ1) is 13.1. The van der Waals surface area contributed by atoms with Crippen molar-refractivity contribution in [2.45, 2.75) is 19.0 Å². The van der Waals surface area contributed by atoms with Crippen LogP contribution in [0.1, 0.15) is 22.3 Å². The Morgan fingerprint density at radius 1 is 1.17 bits per heavy atom. The number of carbonyl (C=O) groups is 2. The van der Waals surface area contributed by atoms with E-state index in [9.17, 15) is 9.59 Å². The molecule has 1 aliphatic heterocycles. The van der Waals surface area contributed by atoms with E-state index in [0.717, 1.165) is 29.3 Å². The van der Waals surface area contributed by atoms with Crippen molar-refractivity contribution >= 4 is 54.1 Å². The number of anilines is 1. The third-order valence-corrected chi connectivity index (χ3v) is 5.61. The minimum absolute atomic E-state index is 0. The largest absolute Gasteiger partial charge is 0.352 e. The van der Waals surface area contributed by atoms with E-state index >= 15 is 0 Å². The summed E-state index contributed by atoms with van der Waals surface area (Å²) >= 11 is 1.89. The number of benzene rings is 1. The lowest BCUT2D eigenvalue weighted by atomic mass is 10.1. The molecule has 2 amide bonds. The van der Waals surface area contributed by atoms with Crippen molar-refractivity contribution in [2.75, 3.05) is 30.0 Å². The van der Waals surface area contributed by atoms with Gasteiger partial charge in [-0.1, -0.05) is 12.1 Å². The molecule has 2 N–H and O–H groups in total. The lowest BCUT2D eigenvalue weighted by molar-refractivity contribution is -0.121. The molecule has 1 aromatic heterocycles. The quantitative estimate of drug-likeness (QED) is 0.698. The van der Waals surface area contributed by atoms with Gasteiger partial charge >= 0.3 is 0 Å². The average Bonchev–Trinajstić information content (AvgIpc) is 2.73. The maximum atomic E-state index is 12.5. The average molecular weight is 457 g/mol. The van der Waals surface area contributed by atoms with Crippen LogP contribution in [0.25, 0.3) is 0 Å². The number of thioether (sulfide) groups is 1. The molecule has 1 aliphatic rings. The summed E-state index contributed by atoms with van der Waals surface area (Å²) in [6, 6.07) is 11.3. The van der Waals surface area contributed by atoms with E-state index in [0.29, 0.717) is 18.5 Å². The molecule has 29 heavy (non-hydrogen) atoms. The van der Waals surface area contributed by atoms with Crippen molar-refractivity contribution in [1.82, 2.24) is 15.6 Å². The first-order valence-corrected chi connectivity index (χ1v) is 10.1. The molecule has 1 fully saturated rings. The minimum atomic E-state index is -0.0868. The summed E-state index contributed by atoms with van der Waals surface area (Å²) in [7, 11) is 1.74. The van der Waals surface area contributed by atoms with E-state index in [1.165, 1.54) is 0 Å². The summed E-state index contributed by atoms with van der Waals surface area (Å²) in [5.41, 5.74) is 2.40. The van der Waals surface area contributed by atoms with Gasteiger partial charge in [0.05, 0.1) is 0 Å². The molecule has 1 saturated heterocycles. The molecule has 1 atom stereocenters. The second kappa shape index (κ2) is 12.7. The van der Waals surface area contributed by atoms with Crippen LogP contribution in [0.5, 0.6) is 0 Å². The third-order valence-electron chi connectivity index (χ3n) is 4.48. The van der Waals surface area contributed by atoms with Gasteiger partial charge in [0, 0.05) is 67.8 Å². The fourth-order valence-electron chi connectivity index (χ4n) is 2.89. The van der Waals surface area contributed by atoms with Gasteiger partial charge in [-0.15, -0.1) is 24.8 Å². The summed E-state index contributed by atoms with van der Waals surface area (Å²) < 4.78 is 0. The molecule has 2 aromatic rings. The summed E-state index contributed by atoms with van der Waals surface area (Å²) in [5.74, 6) is 2.07. The van der Waals surface area contributed by atoms with Gasteiger partial charge in [-0.2, -0.15) is 11.8 Å². The van der Waals surface area contributed by atoms with Crippen LogP contribution in [0.15, 0.2) is 48.8 Å². The number of hydrogen-bond donors (Lipinski definition) is 2. The standard InChI is InChI=1S/C20H24N4O2S.2ClH/c1-24(20(26)16-6-8-21-9-7-16)18-4-2-15(3-5-18)13-23-19(25)12-17-14-27-11-10-22-17;;/h2-9,17,22H,10-14H2,1H3,(H,23,25);2*1H. The van der Waals surface area contributed by atoms with Crippen molar-refractivity contribution in [2.24, 2.45) is 0 Å². The third kappa shape index (κ3) is 7.51. The van der Waals surface area contributed by atoms with Gasteiger partial charge < -0.3 is 15.5 Å². The van der Waals surface area contributed by atoms with Gasteiger partial charge in [-0.05, 0) is 29.8 Å². The number of carbonyl (C=O) groups excluding carboxylic acids is 2. The molecule has 158 valence electrons. The zero-order chi connectivity index (χ0) is 19.1. The highest BCUT2D eigenvalue weighted by molar-refractivity contribution is 7.99. The molecular formula is C20H26Cl2N4O2S. The number of halogens is 2. The predicted molar refractivity (Wildman–Crippen MR) is 123 cm³/mol. The highest BCUT2D eigenvalue weighted by Gasteiger charge is 2.16. The van der Waals surface area contributed by atoms with E-state index in [1.807, 2.05) is 36.0 Å². The SMILES string of the molecule is CN(C(=O)c1ccncc1)c1ccc(CNC(=O)CC2CSCCN2)cc1.Cl.Cl. The Balaban J connectivity index is 0.00000210. The Bertz CT molecular complexity index is 772. The Morgan fingerprint density at radius 3 is 2.48 bits per heavy atom. The van der Waals surface area contributed by atoms with E-state index in [4.69, 9.17) is 0 Å². The fraction of sp³-hybridized carbons (Fsp3) is 0.350. The number of pyridine rings is 1. The highest BCUT2D eigenvalue weighted by atomic mass is 35.5. The second-order valence-corrected chi connectivity index (χ2v) is 7.62. The first-order valence-electron chi connectivity index (χ1n) is 8.98. The van der Waals surface area contributed by atoms with E-state index in [1.54, 1.807) is 36.5 Å². The normalized spacial score (nSPS) is 15.4. The Kier molecular flexibility index (Phi) is 11.0. The Morgan fingerprint density at radius 2 is 1.86 bits per heavy atom. The molecule has 2 heterocycles. The number of nitrogens with zero attached hydrogens (tertiary/aromatic N) is 2. The number of hydrogen-bond acceptors (Lipinski definition) is 5. The molecule has 6 nitrogen and oxygen atoms in total.